The summed E-state index contributed by atoms with van der Waals surface area (Å²) >= 11 is 0. The van der Waals surface area contributed by atoms with E-state index in [1.807, 2.05) is 4.90 Å². The smallest absolute Gasteiger partial charge is 0.293 e. The number of nitro benzene ring substituents is 1. The molecule has 0 bridgehead atoms. The van der Waals surface area contributed by atoms with Crippen LogP contribution in [-0.2, 0) is 14.8 Å². The topological polar surface area (TPSA) is 106 Å². The molecule has 0 spiro atoms. The molecule has 1 atom stereocenters. The van der Waals surface area contributed by atoms with Crippen molar-refractivity contribution < 1.29 is 22.5 Å². The minimum atomic E-state index is -3.76. The van der Waals surface area contributed by atoms with E-state index in [4.69, 9.17) is 9.15 Å². The van der Waals surface area contributed by atoms with E-state index >= 15 is 0 Å². The van der Waals surface area contributed by atoms with Gasteiger partial charge in [0.2, 0.25) is 10.0 Å². The second-order valence-electron chi connectivity index (χ2n) is 7.55. The zero-order valence-corrected chi connectivity index (χ0v) is 17.4. The molecule has 2 saturated heterocycles. The van der Waals surface area contributed by atoms with Crippen LogP contribution >= 0.6 is 0 Å². The van der Waals surface area contributed by atoms with E-state index in [0.717, 1.165) is 25.7 Å². The number of benzene rings is 1. The molecule has 1 aromatic carbocycles. The van der Waals surface area contributed by atoms with Crippen molar-refractivity contribution in [2.24, 2.45) is 0 Å². The van der Waals surface area contributed by atoms with Gasteiger partial charge in [-0.05, 0) is 37.1 Å². The number of morpholine rings is 1. The highest BCUT2D eigenvalue weighted by Gasteiger charge is 2.31. The van der Waals surface area contributed by atoms with Gasteiger partial charge in [0.25, 0.3) is 5.69 Å². The average molecular weight is 436 g/mol. The molecule has 0 amide bonds. The summed E-state index contributed by atoms with van der Waals surface area (Å²) in [6.45, 7) is 2.14. The molecule has 162 valence electrons. The third-order valence-corrected chi connectivity index (χ3v) is 7.51. The first-order chi connectivity index (χ1) is 14.5. The van der Waals surface area contributed by atoms with E-state index in [1.54, 1.807) is 18.4 Å². The summed E-state index contributed by atoms with van der Waals surface area (Å²) in [6.07, 6.45) is 4.83. The van der Waals surface area contributed by atoms with Gasteiger partial charge in [-0.15, -0.1) is 0 Å². The van der Waals surface area contributed by atoms with Crippen LogP contribution in [0.3, 0.4) is 0 Å². The summed E-state index contributed by atoms with van der Waals surface area (Å²) < 4.78 is 38.7. The zero-order chi connectivity index (χ0) is 21.1. The number of rotatable bonds is 5. The van der Waals surface area contributed by atoms with Crippen LogP contribution in [0.25, 0.3) is 0 Å². The fourth-order valence-corrected chi connectivity index (χ4v) is 5.56. The van der Waals surface area contributed by atoms with Crippen molar-refractivity contribution in [1.82, 2.24) is 4.31 Å². The van der Waals surface area contributed by atoms with Crippen LogP contribution in [0.2, 0.25) is 0 Å². The van der Waals surface area contributed by atoms with Crippen LogP contribution in [0.1, 0.15) is 37.5 Å². The van der Waals surface area contributed by atoms with Crippen LogP contribution in [0.4, 0.5) is 11.4 Å². The number of sulfonamides is 1. The standard InChI is InChI=1S/C20H25N3O6S/c24-23(25)18-14-16(30(26,27)22-9-3-1-2-4-10-22)7-8-17(18)21-11-13-29-20(15-21)19-6-5-12-28-19/h5-8,12,14,20H,1-4,9-11,13,15H2. The summed E-state index contributed by atoms with van der Waals surface area (Å²) in [7, 11) is -3.76. The van der Waals surface area contributed by atoms with E-state index in [9.17, 15) is 18.5 Å². The first-order valence-electron chi connectivity index (χ1n) is 10.2. The molecule has 30 heavy (non-hydrogen) atoms. The molecule has 9 nitrogen and oxygen atoms in total. The Labute approximate surface area is 175 Å². The van der Waals surface area contributed by atoms with Crippen molar-refractivity contribution in [3.63, 3.8) is 0 Å². The molecule has 10 heteroatoms. The summed E-state index contributed by atoms with van der Waals surface area (Å²) in [5, 5.41) is 11.8. The number of furan rings is 1. The lowest BCUT2D eigenvalue weighted by atomic mass is 10.1. The van der Waals surface area contributed by atoms with E-state index in [-0.39, 0.29) is 16.7 Å². The molecular formula is C20H25N3O6S. The molecule has 4 rings (SSSR count). The van der Waals surface area contributed by atoms with Crippen LogP contribution < -0.4 is 4.90 Å². The lowest BCUT2D eigenvalue weighted by Gasteiger charge is -2.33. The molecular weight excluding hydrogens is 410 g/mol. The summed E-state index contributed by atoms with van der Waals surface area (Å²) in [4.78, 5) is 13.1. The average Bonchev–Trinajstić information content (AvgIpc) is 3.15. The quantitative estimate of drug-likeness (QED) is 0.524. The van der Waals surface area contributed by atoms with E-state index in [1.165, 1.54) is 22.5 Å². The Balaban J connectivity index is 1.63. The van der Waals surface area contributed by atoms with Gasteiger partial charge in [0, 0.05) is 25.7 Å². The van der Waals surface area contributed by atoms with Crippen LogP contribution in [0.5, 0.6) is 0 Å². The SMILES string of the molecule is O=[N+]([O-])c1cc(S(=O)(=O)N2CCCCCC2)ccc1N1CCOC(c2ccco2)C1. The minimum Gasteiger partial charge on any atom is -0.467 e. The number of nitro groups is 1. The summed E-state index contributed by atoms with van der Waals surface area (Å²) in [6, 6.07) is 7.77. The summed E-state index contributed by atoms with van der Waals surface area (Å²) in [5.74, 6) is 0.655. The molecule has 1 aromatic heterocycles. The van der Waals surface area contributed by atoms with Gasteiger partial charge >= 0.3 is 0 Å². The normalized spacial score (nSPS) is 21.3. The second-order valence-corrected chi connectivity index (χ2v) is 9.48. The van der Waals surface area contributed by atoms with Crippen molar-refractivity contribution in [1.29, 1.82) is 0 Å². The predicted molar refractivity (Wildman–Crippen MR) is 110 cm³/mol. The van der Waals surface area contributed by atoms with Crippen LogP contribution in [0.15, 0.2) is 45.9 Å². The Morgan fingerprint density at radius 2 is 1.83 bits per heavy atom. The van der Waals surface area contributed by atoms with Gasteiger partial charge < -0.3 is 14.1 Å². The fraction of sp³-hybridized carbons (Fsp3) is 0.500. The lowest BCUT2D eigenvalue weighted by Crippen LogP contribution is -2.38. The molecule has 2 aliphatic rings. The molecule has 2 fully saturated rings. The highest BCUT2D eigenvalue weighted by atomic mass is 32.2. The lowest BCUT2D eigenvalue weighted by molar-refractivity contribution is -0.384. The Morgan fingerprint density at radius 3 is 2.50 bits per heavy atom. The van der Waals surface area contributed by atoms with Crippen molar-refractivity contribution in [3.05, 3.63) is 52.5 Å². The third-order valence-electron chi connectivity index (χ3n) is 5.61. The Hall–Kier alpha value is -2.43. The van der Waals surface area contributed by atoms with Gasteiger partial charge in [-0.1, -0.05) is 12.8 Å². The highest BCUT2D eigenvalue weighted by molar-refractivity contribution is 7.89. The Kier molecular flexibility index (Phi) is 6.07. The first kappa shape index (κ1) is 20.8. The fourth-order valence-electron chi connectivity index (χ4n) is 4.02. The van der Waals surface area contributed by atoms with Crippen molar-refractivity contribution in [2.45, 2.75) is 36.7 Å². The molecule has 0 aliphatic carbocycles. The maximum atomic E-state index is 13.1. The molecule has 3 heterocycles. The third kappa shape index (κ3) is 4.21. The first-order valence-corrected chi connectivity index (χ1v) is 11.6. The van der Waals surface area contributed by atoms with Gasteiger partial charge in [-0.3, -0.25) is 10.1 Å². The molecule has 2 aliphatic heterocycles. The number of anilines is 1. The van der Waals surface area contributed by atoms with E-state index in [2.05, 4.69) is 0 Å². The van der Waals surface area contributed by atoms with Crippen LogP contribution in [-0.4, -0.2) is 50.4 Å². The number of ether oxygens (including phenoxy) is 1. The maximum Gasteiger partial charge on any atom is 0.293 e. The second kappa shape index (κ2) is 8.75. The van der Waals surface area contributed by atoms with Gasteiger partial charge in [0.05, 0.1) is 29.2 Å². The monoisotopic (exact) mass is 435 g/mol. The molecule has 0 saturated carbocycles. The van der Waals surface area contributed by atoms with Crippen LogP contribution in [0, 0.1) is 10.1 Å². The van der Waals surface area contributed by atoms with Gasteiger partial charge in [-0.2, -0.15) is 4.31 Å². The zero-order valence-electron chi connectivity index (χ0n) is 16.6. The summed E-state index contributed by atoms with van der Waals surface area (Å²) in [5.41, 5.74) is 0.167. The van der Waals surface area contributed by atoms with Crippen molar-refractivity contribution >= 4 is 21.4 Å². The predicted octanol–water partition coefficient (Wildman–Crippen LogP) is 3.33. The van der Waals surface area contributed by atoms with Gasteiger partial charge in [0.15, 0.2) is 0 Å². The number of hydrogen-bond donors (Lipinski definition) is 0. The molecule has 2 aromatic rings. The van der Waals surface area contributed by atoms with Crippen molar-refractivity contribution in [2.75, 3.05) is 37.7 Å². The molecule has 1 unspecified atom stereocenters. The largest absolute Gasteiger partial charge is 0.467 e. The number of nitrogens with zero attached hydrogens (tertiary/aromatic N) is 3. The number of hydrogen-bond acceptors (Lipinski definition) is 7. The van der Waals surface area contributed by atoms with Gasteiger partial charge in [0.1, 0.15) is 17.6 Å². The van der Waals surface area contributed by atoms with Crippen molar-refractivity contribution in [3.8, 4) is 0 Å². The Bertz CT molecular complexity index is 984. The highest BCUT2D eigenvalue weighted by Crippen LogP contribution is 2.35. The maximum absolute atomic E-state index is 13.1. The minimum absolute atomic E-state index is 0.0318. The molecule has 0 radical (unpaired) electrons. The Morgan fingerprint density at radius 1 is 1.07 bits per heavy atom. The van der Waals surface area contributed by atoms with E-state index in [0.29, 0.717) is 44.2 Å². The molecule has 0 N–H and O–H groups in total. The van der Waals surface area contributed by atoms with Gasteiger partial charge in [-0.25, -0.2) is 8.42 Å². The van der Waals surface area contributed by atoms with E-state index < -0.39 is 14.9 Å².